The molecule has 0 atom stereocenters. The number of hydrogen-bond donors (Lipinski definition) is 0. The Labute approximate surface area is 136 Å². The molecule has 0 unspecified atom stereocenters. The molecule has 21 heavy (non-hydrogen) atoms. The quantitative estimate of drug-likeness (QED) is 0.769. The first-order chi connectivity index (χ1) is 9.68. The molecule has 1 aromatic rings. The Balaban J connectivity index is 2.17. The van der Waals surface area contributed by atoms with Gasteiger partial charge in [0, 0.05) is 13.5 Å². The van der Waals surface area contributed by atoms with Gasteiger partial charge >= 0.3 is 0 Å². The largest absolute Gasteiger partial charge is 0.271 e. The van der Waals surface area contributed by atoms with Crippen LogP contribution >= 0.6 is 15.9 Å². The molecule has 0 aromatic carbocycles. The number of halogens is 1. The van der Waals surface area contributed by atoms with E-state index < -0.39 is 0 Å². The van der Waals surface area contributed by atoms with Crippen LogP contribution in [-0.2, 0) is 13.5 Å². The normalized spacial score (nSPS) is 26.6. The third-order valence-electron chi connectivity index (χ3n) is 5.17. The Kier molecular flexibility index (Phi) is 4.54. The van der Waals surface area contributed by atoms with Crippen molar-refractivity contribution in [3.8, 4) is 6.07 Å². The Bertz CT molecular complexity index is 552. The summed E-state index contributed by atoms with van der Waals surface area (Å²) >= 11 is 3.63. The second-order valence-electron chi connectivity index (χ2n) is 7.68. The highest BCUT2D eigenvalue weighted by Gasteiger charge is 2.40. The number of aryl methyl sites for hydroxylation is 2. The van der Waals surface area contributed by atoms with Crippen LogP contribution in [0.1, 0.15) is 57.8 Å². The van der Waals surface area contributed by atoms with E-state index in [4.69, 9.17) is 0 Å². The molecular formula is C17H26BrN3. The van der Waals surface area contributed by atoms with Crippen molar-refractivity contribution < 1.29 is 0 Å². The first-order valence-corrected chi connectivity index (χ1v) is 8.57. The van der Waals surface area contributed by atoms with Crippen LogP contribution in [0.25, 0.3) is 0 Å². The monoisotopic (exact) mass is 351 g/mol. The van der Waals surface area contributed by atoms with Crippen LogP contribution in [0.15, 0.2) is 4.47 Å². The van der Waals surface area contributed by atoms with Gasteiger partial charge in [-0.3, -0.25) is 4.68 Å². The highest BCUT2D eigenvalue weighted by molar-refractivity contribution is 9.10. The summed E-state index contributed by atoms with van der Waals surface area (Å²) in [5, 5.41) is 14.2. The summed E-state index contributed by atoms with van der Waals surface area (Å²) in [6.45, 7) is 8.96. The van der Waals surface area contributed by atoms with E-state index in [1.165, 1.54) is 0 Å². The lowest BCUT2D eigenvalue weighted by molar-refractivity contribution is 0.119. The number of aromatic nitrogens is 2. The van der Waals surface area contributed by atoms with E-state index in [1.54, 1.807) is 0 Å². The summed E-state index contributed by atoms with van der Waals surface area (Å²) in [6, 6.07) is 2.64. The lowest BCUT2D eigenvalue weighted by Gasteiger charge is -2.40. The molecular weight excluding hydrogens is 326 g/mol. The summed E-state index contributed by atoms with van der Waals surface area (Å²) in [5.74, 6) is 0.732. The van der Waals surface area contributed by atoms with Gasteiger partial charge in [0.1, 0.15) is 0 Å². The van der Waals surface area contributed by atoms with Crippen molar-refractivity contribution in [1.82, 2.24) is 9.78 Å². The molecule has 0 N–H and O–H groups in total. The third-order valence-corrected chi connectivity index (χ3v) is 6.20. The fourth-order valence-corrected chi connectivity index (χ4v) is 4.03. The first kappa shape index (κ1) is 16.5. The van der Waals surface area contributed by atoms with Crippen LogP contribution in [0.2, 0.25) is 0 Å². The van der Waals surface area contributed by atoms with Gasteiger partial charge in [0.25, 0.3) is 0 Å². The average molecular weight is 352 g/mol. The molecule has 2 rings (SSSR count). The Hall–Kier alpha value is -0.820. The van der Waals surface area contributed by atoms with Crippen molar-refractivity contribution in [3.05, 3.63) is 15.9 Å². The predicted octanol–water partition coefficient (Wildman–Crippen LogP) is 4.78. The van der Waals surface area contributed by atoms with Crippen LogP contribution in [0.3, 0.4) is 0 Å². The van der Waals surface area contributed by atoms with Gasteiger partial charge in [0.15, 0.2) is 0 Å². The summed E-state index contributed by atoms with van der Waals surface area (Å²) in [6.07, 6.45) is 5.12. The Morgan fingerprint density at radius 1 is 1.38 bits per heavy atom. The van der Waals surface area contributed by atoms with E-state index in [2.05, 4.69) is 47.9 Å². The second-order valence-corrected chi connectivity index (χ2v) is 8.47. The van der Waals surface area contributed by atoms with Gasteiger partial charge in [-0.2, -0.15) is 10.4 Å². The van der Waals surface area contributed by atoms with E-state index in [-0.39, 0.29) is 5.41 Å². The van der Waals surface area contributed by atoms with Crippen LogP contribution in [-0.4, -0.2) is 9.78 Å². The molecule has 0 amide bonds. The molecule has 3 nitrogen and oxygen atoms in total. The van der Waals surface area contributed by atoms with Gasteiger partial charge in [-0.1, -0.05) is 20.8 Å². The molecule has 4 heteroatoms. The molecule has 1 saturated carbocycles. The minimum Gasteiger partial charge on any atom is -0.271 e. The van der Waals surface area contributed by atoms with Crippen LogP contribution in [0.4, 0.5) is 0 Å². The zero-order valence-electron chi connectivity index (χ0n) is 13.8. The van der Waals surface area contributed by atoms with Crippen molar-refractivity contribution in [2.24, 2.45) is 23.8 Å². The minimum atomic E-state index is -0.218. The SMILES string of the molecule is Cc1nn(C)c(CC2(C#N)CCC(C(C)(C)C)CC2)c1Br. The third kappa shape index (κ3) is 3.34. The number of nitriles is 1. The number of nitrogens with zero attached hydrogens (tertiary/aromatic N) is 3. The molecule has 0 radical (unpaired) electrons. The fraction of sp³-hybridized carbons (Fsp3) is 0.765. The van der Waals surface area contributed by atoms with Gasteiger partial charge in [-0.25, -0.2) is 0 Å². The van der Waals surface area contributed by atoms with Crippen LogP contribution in [0.5, 0.6) is 0 Å². The lowest BCUT2D eigenvalue weighted by Crippen LogP contribution is -2.33. The van der Waals surface area contributed by atoms with E-state index in [9.17, 15) is 5.26 Å². The average Bonchev–Trinajstić information content (AvgIpc) is 2.65. The highest BCUT2D eigenvalue weighted by Crippen LogP contribution is 2.47. The summed E-state index contributed by atoms with van der Waals surface area (Å²) in [5.41, 5.74) is 2.29. The molecule has 1 aromatic heterocycles. The molecule has 1 heterocycles. The summed E-state index contributed by atoms with van der Waals surface area (Å²) < 4.78 is 2.99. The summed E-state index contributed by atoms with van der Waals surface area (Å²) in [4.78, 5) is 0. The first-order valence-electron chi connectivity index (χ1n) is 7.78. The highest BCUT2D eigenvalue weighted by atomic mass is 79.9. The Morgan fingerprint density at radius 3 is 2.33 bits per heavy atom. The van der Waals surface area contributed by atoms with Gasteiger partial charge in [-0.15, -0.1) is 0 Å². The molecule has 116 valence electrons. The topological polar surface area (TPSA) is 41.6 Å². The van der Waals surface area contributed by atoms with Gasteiger partial charge in [-0.05, 0) is 59.9 Å². The van der Waals surface area contributed by atoms with Gasteiger partial charge in [0.2, 0.25) is 0 Å². The van der Waals surface area contributed by atoms with Crippen LogP contribution < -0.4 is 0 Å². The predicted molar refractivity (Wildman–Crippen MR) is 88.8 cm³/mol. The van der Waals surface area contributed by atoms with E-state index in [0.717, 1.165) is 53.9 Å². The van der Waals surface area contributed by atoms with Crippen molar-refractivity contribution in [2.45, 2.75) is 59.8 Å². The molecule has 0 saturated heterocycles. The van der Waals surface area contributed by atoms with E-state index in [1.807, 2.05) is 18.7 Å². The van der Waals surface area contributed by atoms with Crippen molar-refractivity contribution >= 4 is 15.9 Å². The number of hydrogen-bond acceptors (Lipinski definition) is 2. The summed E-state index contributed by atoms with van der Waals surface area (Å²) in [7, 11) is 1.97. The maximum atomic E-state index is 9.79. The molecule has 1 aliphatic rings. The zero-order valence-corrected chi connectivity index (χ0v) is 15.4. The Morgan fingerprint density at radius 2 is 1.95 bits per heavy atom. The lowest BCUT2D eigenvalue weighted by atomic mass is 9.63. The molecule has 1 fully saturated rings. The second kappa shape index (κ2) is 5.76. The maximum absolute atomic E-state index is 9.79. The van der Waals surface area contributed by atoms with E-state index in [0.29, 0.717) is 5.41 Å². The van der Waals surface area contributed by atoms with Gasteiger partial charge < -0.3 is 0 Å². The maximum Gasteiger partial charge on any atom is 0.0738 e. The van der Waals surface area contributed by atoms with Crippen molar-refractivity contribution in [1.29, 1.82) is 5.26 Å². The molecule has 0 bridgehead atoms. The number of rotatable bonds is 2. The molecule has 1 aliphatic carbocycles. The zero-order chi connectivity index (χ0) is 15.8. The van der Waals surface area contributed by atoms with Crippen LogP contribution in [0, 0.1) is 35.0 Å². The minimum absolute atomic E-state index is 0.218. The standard InChI is InChI=1S/C17H26BrN3/c1-12-15(18)14(21(5)20-12)10-17(11-19)8-6-13(7-9-17)16(2,3)4/h13H,6-10H2,1-5H3. The van der Waals surface area contributed by atoms with E-state index >= 15 is 0 Å². The molecule has 0 aliphatic heterocycles. The van der Waals surface area contributed by atoms with Crippen molar-refractivity contribution in [3.63, 3.8) is 0 Å². The van der Waals surface area contributed by atoms with Gasteiger partial charge in [0.05, 0.1) is 27.3 Å². The smallest absolute Gasteiger partial charge is 0.0738 e. The fourth-order valence-electron chi connectivity index (χ4n) is 3.56. The molecule has 0 spiro atoms. The van der Waals surface area contributed by atoms with Crippen molar-refractivity contribution in [2.75, 3.05) is 0 Å².